The predicted molar refractivity (Wildman–Crippen MR) is 386 cm³/mol. The van der Waals surface area contributed by atoms with Gasteiger partial charge in [0.2, 0.25) is 0 Å². The van der Waals surface area contributed by atoms with Crippen LogP contribution in [0.1, 0.15) is 383 Å². The molecule has 564 valence electrons. The molecule has 0 saturated carbocycles. The molecule has 0 rings (SSSR count). The van der Waals surface area contributed by atoms with Crippen LogP contribution in [0.3, 0.4) is 0 Å². The number of rotatable bonds is 73. The number of aliphatic hydroxyl groups excluding tert-OH is 1. The van der Waals surface area contributed by atoms with E-state index in [1.807, 2.05) is 0 Å². The van der Waals surface area contributed by atoms with Crippen molar-refractivity contribution in [3.05, 3.63) is 0 Å². The van der Waals surface area contributed by atoms with Crippen LogP contribution < -0.4 is 0 Å². The molecule has 0 aromatic carbocycles. The number of ether oxygens (including phenoxy) is 4. The molecule has 0 aliphatic heterocycles. The number of phosphoric ester groups is 2. The number of hydrogen-bond acceptors (Lipinski definition) is 15. The van der Waals surface area contributed by atoms with Crippen LogP contribution in [0.25, 0.3) is 0 Å². The van der Waals surface area contributed by atoms with E-state index in [1.165, 1.54) is 180 Å². The van der Waals surface area contributed by atoms with Gasteiger partial charge in [0.1, 0.15) is 19.3 Å². The zero-order valence-corrected chi connectivity index (χ0v) is 64.1. The maximum absolute atomic E-state index is 13.1. The van der Waals surface area contributed by atoms with Gasteiger partial charge in [0.15, 0.2) is 12.2 Å². The van der Waals surface area contributed by atoms with E-state index < -0.39 is 97.5 Å². The minimum absolute atomic E-state index is 0.104. The van der Waals surface area contributed by atoms with Crippen molar-refractivity contribution in [1.82, 2.24) is 0 Å². The molecular weight excluding hydrogens is 1250 g/mol. The Balaban J connectivity index is 5.17. The molecule has 8 atom stereocenters. The van der Waals surface area contributed by atoms with Crippen molar-refractivity contribution in [3.8, 4) is 0 Å². The van der Waals surface area contributed by atoms with Crippen molar-refractivity contribution in [3.63, 3.8) is 0 Å². The third-order valence-electron chi connectivity index (χ3n) is 18.7. The van der Waals surface area contributed by atoms with Gasteiger partial charge in [-0.05, 0) is 49.4 Å². The SMILES string of the molecule is CCC(C)CCCCCCCCCCCCCCCCCCCCC(=O)O[C@H](COC(=O)CCCCCCCCC(C)CC)COP(=O)(O)OC[C@H](O)COP(=O)(O)OC[C@@H](COC(=O)CCCCCCCCCCC(C)CC)OC(=O)CCCCCCCCCCC(C)C. The maximum Gasteiger partial charge on any atom is 0.472 e. The smallest absolute Gasteiger partial charge is 0.462 e. The van der Waals surface area contributed by atoms with Crippen LogP contribution in [0, 0.1) is 23.7 Å². The summed E-state index contributed by atoms with van der Waals surface area (Å²) in [7, 11) is -9.91. The molecule has 0 aromatic heterocycles. The van der Waals surface area contributed by atoms with Crippen LogP contribution in [0.5, 0.6) is 0 Å². The second kappa shape index (κ2) is 65.4. The summed E-state index contributed by atoms with van der Waals surface area (Å²) in [5, 5.41) is 10.6. The Labute approximate surface area is 581 Å². The zero-order chi connectivity index (χ0) is 70.3. The van der Waals surface area contributed by atoms with Crippen molar-refractivity contribution in [2.45, 2.75) is 401 Å². The molecule has 0 heterocycles. The molecule has 0 aromatic rings. The van der Waals surface area contributed by atoms with E-state index in [-0.39, 0.29) is 25.7 Å². The highest BCUT2D eigenvalue weighted by Gasteiger charge is 2.30. The molecule has 0 spiro atoms. The van der Waals surface area contributed by atoms with Crippen molar-refractivity contribution >= 4 is 39.5 Å². The van der Waals surface area contributed by atoms with Gasteiger partial charge in [0, 0.05) is 25.7 Å². The molecule has 0 saturated heterocycles. The van der Waals surface area contributed by atoms with E-state index in [2.05, 4.69) is 55.4 Å². The lowest BCUT2D eigenvalue weighted by Gasteiger charge is -2.21. The Hall–Kier alpha value is -1.94. The maximum atomic E-state index is 13.1. The van der Waals surface area contributed by atoms with Gasteiger partial charge in [-0.2, -0.15) is 0 Å². The normalized spacial score (nSPS) is 15.0. The average Bonchev–Trinajstić information content (AvgIpc) is 1.55. The zero-order valence-electron chi connectivity index (χ0n) is 62.3. The van der Waals surface area contributed by atoms with Gasteiger partial charge in [-0.1, -0.05) is 331 Å². The van der Waals surface area contributed by atoms with Crippen molar-refractivity contribution in [1.29, 1.82) is 0 Å². The van der Waals surface area contributed by atoms with Crippen LogP contribution in [-0.4, -0.2) is 96.7 Å². The molecule has 19 heteroatoms. The Morgan fingerprint density at radius 1 is 0.295 bits per heavy atom. The minimum atomic E-state index is -4.96. The third-order valence-corrected chi connectivity index (χ3v) is 20.6. The van der Waals surface area contributed by atoms with Crippen molar-refractivity contribution in [2.24, 2.45) is 23.7 Å². The van der Waals surface area contributed by atoms with Gasteiger partial charge < -0.3 is 33.8 Å². The number of aliphatic hydroxyl groups is 1. The number of phosphoric acid groups is 2. The summed E-state index contributed by atoms with van der Waals surface area (Å²) in [5.41, 5.74) is 0. The molecule has 0 aliphatic carbocycles. The number of carbonyl (C=O) groups excluding carboxylic acids is 4. The van der Waals surface area contributed by atoms with Gasteiger partial charge >= 0.3 is 39.5 Å². The first kappa shape index (κ1) is 93.1. The molecular formula is C76H148O17P2. The van der Waals surface area contributed by atoms with Gasteiger partial charge in [-0.15, -0.1) is 0 Å². The summed E-state index contributed by atoms with van der Waals surface area (Å²) in [6, 6.07) is 0. The average molecular weight is 1400 g/mol. The lowest BCUT2D eigenvalue weighted by molar-refractivity contribution is -0.161. The number of hydrogen-bond donors (Lipinski definition) is 3. The summed E-state index contributed by atoms with van der Waals surface area (Å²) in [6.45, 7) is 14.2. The second-order valence-corrected chi connectivity index (χ2v) is 31.5. The molecule has 0 bridgehead atoms. The first-order chi connectivity index (χ1) is 45.7. The van der Waals surface area contributed by atoms with E-state index >= 15 is 0 Å². The Morgan fingerprint density at radius 3 is 0.747 bits per heavy atom. The quantitative estimate of drug-likeness (QED) is 0.0222. The summed E-state index contributed by atoms with van der Waals surface area (Å²) in [4.78, 5) is 72.7. The molecule has 0 aliphatic rings. The van der Waals surface area contributed by atoms with Crippen LogP contribution in [0.15, 0.2) is 0 Å². The molecule has 5 unspecified atom stereocenters. The lowest BCUT2D eigenvalue weighted by atomic mass is 9.99. The second-order valence-electron chi connectivity index (χ2n) is 28.6. The molecule has 0 fully saturated rings. The molecule has 95 heavy (non-hydrogen) atoms. The monoisotopic (exact) mass is 1400 g/mol. The fourth-order valence-corrected chi connectivity index (χ4v) is 13.0. The first-order valence-electron chi connectivity index (χ1n) is 39.3. The Bertz CT molecular complexity index is 1870. The van der Waals surface area contributed by atoms with E-state index in [0.29, 0.717) is 25.7 Å². The minimum Gasteiger partial charge on any atom is -0.462 e. The van der Waals surface area contributed by atoms with E-state index in [4.69, 9.17) is 37.0 Å². The van der Waals surface area contributed by atoms with E-state index in [9.17, 15) is 43.2 Å². The van der Waals surface area contributed by atoms with Gasteiger partial charge in [0.05, 0.1) is 26.4 Å². The fraction of sp³-hybridized carbons (Fsp3) is 0.947. The number of unbranched alkanes of at least 4 members (excludes halogenated alkanes) is 36. The van der Waals surface area contributed by atoms with Gasteiger partial charge in [-0.3, -0.25) is 37.3 Å². The molecule has 3 N–H and O–H groups in total. The van der Waals surface area contributed by atoms with Crippen molar-refractivity contribution < 1.29 is 80.2 Å². The van der Waals surface area contributed by atoms with Gasteiger partial charge in [0.25, 0.3) is 0 Å². The van der Waals surface area contributed by atoms with E-state index in [1.54, 1.807) is 0 Å². The fourth-order valence-electron chi connectivity index (χ4n) is 11.5. The molecule has 17 nitrogen and oxygen atoms in total. The summed E-state index contributed by atoms with van der Waals surface area (Å²) in [5.74, 6) is 0.972. The van der Waals surface area contributed by atoms with Crippen LogP contribution in [-0.2, 0) is 65.4 Å². The Kier molecular flexibility index (Phi) is 64.0. The highest BCUT2D eigenvalue weighted by atomic mass is 31.2. The largest absolute Gasteiger partial charge is 0.472 e. The topological polar surface area (TPSA) is 237 Å². The number of carbonyl (C=O) groups is 4. The van der Waals surface area contributed by atoms with Crippen LogP contribution in [0.4, 0.5) is 0 Å². The number of esters is 4. The lowest BCUT2D eigenvalue weighted by Crippen LogP contribution is -2.30. The standard InChI is InChI=1S/C76H148O17P2/c1-9-67(6)53-45-37-29-22-20-18-16-14-12-13-15-17-19-21-23-32-42-50-58-75(80)92-72(63-87-74(79)57-49-41-35-34-39-47-55-69(8)11-3)65-91-95(84,85)89-61-70(77)60-88-94(82,83)90-64-71(93-76(81)59-51-43-33-26-24-28-36-44-52-66(4)5)62-86-73(78)56-48-40-31-27-25-30-38-46-54-68(7)10-2/h66-72,77H,9-65H2,1-8H3,(H,82,83)(H,84,85)/t67?,68?,69?,70-,71-,72-/m1/s1. The molecule has 0 amide bonds. The van der Waals surface area contributed by atoms with Crippen LogP contribution in [0.2, 0.25) is 0 Å². The van der Waals surface area contributed by atoms with E-state index in [0.717, 1.165) is 120 Å². The summed E-state index contributed by atoms with van der Waals surface area (Å²) < 4.78 is 68.5. The summed E-state index contributed by atoms with van der Waals surface area (Å²) in [6.07, 6.45) is 50.1. The summed E-state index contributed by atoms with van der Waals surface area (Å²) >= 11 is 0. The Morgan fingerprint density at radius 2 is 0.505 bits per heavy atom. The predicted octanol–water partition coefficient (Wildman–Crippen LogP) is 22.0. The van der Waals surface area contributed by atoms with Crippen LogP contribution >= 0.6 is 15.6 Å². The highest BCUT2D eigenvalue weighted by Crippen LogP contribution is 2.45. The molecule has 0 radical (unpaired) electrons. The highest BCUT2D eigenvalue weighted by molar-refractivity contribution is 7.47. The third kappa shape index (κ3) is 66.4. The first-order valence-corrected chi connectivity index (χ1v) is 42.3. The van der Waals surface area contributed by atoms with Crippen molar-refractivity contribution in [2.75, 3.05) is 39.6 Å². The van der Waals surface area contributed by atoms with Gasteiger partial charge in [-0.25, -0.2) is 9.13 Å².